The van der Waals surface area contributed by atoms with Crippen molar-refractivity contribution < 1.29 is 32.2 Å². The number of carbonyl (C=O) groups is 2. The molecule has 0 aliphatic carbocycles. The first kappa shape index (κ1) is 40.5. The summed E-state index contributed by atoms with van der Waals surface area (Å²) in [5.41, 5.74) is 1.80. The molecule has 52 heavy (non-hydrogen) atoms. The zero-order valence-corrected chi connectivity index (χ0v) is 30.8. The van der Waals surface area contributed by atoms with E-state index in [9.17, 15) is 22.8 Å². The van der Waals surface area contributed by atoms with Crippen LogP contribution in [0.15, 0.2) is 78.9 Å². The van der Waals surface area contributed by atoms with Crippen LogP contribution in [0.1, 0.15) is 49.2 Å². The Hall–Kier alpha value is -4.24. The van der Waals surface area contributed by atoms with Crippen LogP contribution >= 0.6 is 24.8 Å². The Labute approximate surface area is 312 Å². The number of nitrogens with zero attached hydrogens (tertiary/aromatic N) is 7. The van der Waals surface area contributed by atoms with E-state index in [1.165, 1.54) is 20.1 Å². The van der Waals surface area contributed by atoms with Crippen LogP contribution in [0.3, 0.4) is 0 Å². The lowest BCUT2D eigenvalue weighted by Crippen LogP contribution is -2.68. The third-order valence-corrected chi connectivity index (χ3v) is 9.40. The minimum absolute atomic E-state index is 0. The largest absolute Gasteiger partial charge is 0.496 e. The van der Waals surface area contributed by atoms with Gasteiger partial charge in [0.05, 0.1) is 12.8 Å². The van der Waals surface area contributed by atoms with E-state index in [-0.39, 0.29) is 54.4 Å². The van der Waals surface area contributed by atoms with Gasteiger partial charge in [-0.15, -0.1) is 29.9 Å². The molecule has 280 valence electrons. The van der Waals surface area contributed by atoms with Crippen LogP contribution in [0.4, 0.5) is 13.2 Å². The Kier molecular flexibility index (Phi) is 13.0. The lowest BCUT2D eigenvalue weighted by molar-refractivity contribution is -0.171. The second-order valence-electron chi connectivity index (χ2n) is 13.2. The van der Waals surface area contributed by atoms with Crippen molar-refractivity contribution in [2.45, 2.75) is 57.1 Å². The van der Waals surface area contributed by atoms with Gasteiger partial charge in [-0.1, -0.05) is 60.7 Å². The molecule has 2 aliphatic heterocycles. The predicted molar refractivity (Wildman–Crippen MR) is 192 cm³/mol. The molecule has 16 heteroatoms. The number of fused-ring (bicyclic) bond motifs is 1. The van der Waals surface area contributed by atoms with Crippen LogP contribution in [0, 0.1) is 0 Å². The Morgan fingerprint density at radius 1 is 0.904 bits per heavy atom. The molecule has 0 N–H and O–H groups in total. The Bertz CT molecular complexity index is 1770. The third kappa shape index (κ3) is 8.68. The number of esters is 1. The molecular weight excluding hydrogens is 722 g/mol. The fraction of sp³-hybridized carbons (Fsp3) is 0.417. The van der Waals surface area contributed by atoms with Crippen molar-refractivity contribution in [1.29, 1.82) is 0 Å². The molecule has 2 fully saturated rings. The highest BCUT2D eigenvalue weighted by atomic mass is 35.5. The highest BCUT2D eigenvalue weighted by molar-refractivity contribution is 5.87. The predicted octanol–water partition coefficient (Wildman–Crippen LogP) is 5.40. The number of piperazine rings is 2. The van der Waals surface area contributed by atoms with E-state index in [0.29, 0.717) is 55.3 Å². The number of hydrogen-bond acceptors (Lipinski definition) is 9. The molecule has 2 atom stereocenters. The number of aromatic nitrogens is 4. The maximum Gasteiger partial charge on any atom is 0.453 e. The molecule has 3 aromatic carbocycles. The Morgan fingerprint density at radius 3 is 2.12 bits per heavy atom. The van der Waals surface area contributed by atoms with Gasteiger partial charge in [-0.3, -0.25) is 19.4 Å². The summed E-state index contributed by atoms with van der Waals surface area (Å²) < 4.78 is 52.9. The van der Waals surface area contributed by atoms with Gasteiger partial charge in [0.2, 0.25) is 0 Å². The monoisotopic (exact) mass is 763 g/mol. The van der Waals surface area contributed by atoms with E-state index in [1.807, 2.05) is 36.4 Å². The van der Waals surface area contributed by atoms with Crippen molar-refractivity contribution in [3.8, 4) is 11.4 Å². The summed E-state index contributed by atoms with van der Waals surface area (Å²) in [6.45, 7) is 7.53. The van der Waals surface area contributed by atoms with Gasteiger partial charge in [0.25, 0.3) is 11.7 Å². The number of carbonyl (C=O) groups excluding carboxylic acids is 2. The quantitative estimate of drug-likeness (QED) is 0.207. The first-order valence-corrected chi connectivity index (χ1v) is 16.5. The van der Waals surface area contributed by atoms with Crippen molar-refractivity contribution in [3.05, 3.63) is 101 Å². The third-order valence-electron chi connectivity index (χ3n) is 9.40. The molecule has 0 saturated carbocycles. The molecule has 2 unspecified atom stereocenters. The first-order chi connectivity index (χ1) is 23.9. The van der Waals surface area contributed by atoms with Crippen LogP contribution in [-0.2, 0) is 27.0 Å². The van der Waals surface area contributed by atoms with Crippen molar-refractivity contribution in [3.63, 3.8) is 0 Å². The molecule has 2 aliphatic rings. The van der Waals surface area contributed by atoms with Gasteiger partial charge in [0, 0.05) is 69.8 Å². The van der Waals surface area contributed by atoms with Crippen LogP contribution in [0.2, 0.25) is 0 Å². The number of benzene rings is 3. The standard InChI is InChI=1S/C36H40F3N7O4.2ClH/c1-24(47)50-35(2,3)34(48)44-17-18-45-29(22-44)21-43(23-30(45)32(25-11-7-5-8-12-25)26-13-9-6-10-14-26)20-27-19-28(15-16-31(27)49-4)46-33(36(37,38)39)40-41-42-46;;/h5-16,19,29-30,32H,17-18,20-23H2,1-4H3;2*1H. The summed E-state index contributed by atoms with van der Waals surface area (Å²) >= 11 is 0. The number of tetrazole rings is 1. The highest BCUT2D eigenvalue weighted by Crippen LogP contribution is 2.37. The number of halogens is 5. The summed E-state index contributed by atoms with van der Waals surface area (Å²) in [4.78, 5) is 32.0. The maximum absolute atomic E-state index is 13.7. The first-order valence-electron chi connectivity index (χ1n) is 16.5. The molecular formula is C36H42Cl2F3N7O4. The molecule has 1 amide bonds. The number of hydrogen-bond donors (Lipinski definition) is 0. The number of ether oxygens (including phenoxy) is 2. The molecule has 3 heterocycles. The van der Waals surface area contributed by atoms with Crippen LogP contribution < -0.4 is 4.74 Å². The summed E-state index contributed by atoms with van der Waals surface area (Å²) in [7, 11) is 1.52. The van der Waals surface area contributed by atoms with E-state index in [2.05, 4.69) is 49.6 Å². The summed E-state index contributed by atoms with van der Waals surface area (Å²) in [6.07, 6.45) is -4.74. The van der Waals surface area contributed by atoms with Crippen LogP contribution in [0.25, 0.3) is 5.69 Å². The lowest BCUT2D eigenvalue weighted by Gasteiger charge is -2.54. The minimum atomic E-state index is -4.74. The highest BCUT2D eigenvalue weighted by Gasteiger charge is 2.45. The van der Waals surface area contributed by atoms with E-state index in [4.69, 9.17) is 9.47 Å². The number of rotatable bonds is 9. The summed E-state index contributed by atoms with van der Waals surface area (Å²) in [5, 5.41) is 10.1. The molecule has 2 saturated heterocycles. The molecule has 0 spiro atoms. The van der Waals surface area contributed by atoms with Crippen LogP contribution in [0.5, 0.6) is 5.75 Å². The van der Waals surface area contributed by atoms with Gasteiger partial charge < -0.3 is 14.4 Å². The zero-order valence-electron chi connectivity index (χ0n) is 29.2. The number of amides is 1. The fourth-order valence-corrected chi connectivity index (χ4v) is 7.36. The lowest BCUT2D eigenvalue weighted by atomic mass is 9.81. The topological polar surface area (TPSA) is 106 Å². The molecule has 0 radical (unpaired) electrons. The second kappa shape index (κ2) is 16.6. The van der Waals surface area contributed by atoms with Gasteiger partial charge in [0.15, 0.2) is 5.60 Å². The van der Waals surface area contributed by atoms with Gasteiger partial charge in [-0.25, -0.2) is 0 Å². The molecule has 4 aromatic rings. The van der Waals surface area contributed by atoms with Gasteiger partial charge in [-0.05, 0) is 53.6 Å². The summed E-state index contributed by atoms with van der Waals surface area (Å²) in [5.74, 6) is -1.52. The molecule has 0 bridgehead atoms. The van der Waals surface area contributed by atoms with Gasteiger partial charge in [-0.2, -0.15) is 17.9 Å². The van der Waals surface area contributed by atoms with Gasteiger partial charge in [0.1, 0.15) is 5.75 Å². The zero-order chi connectivity index (χ0) is 35.6. The molecule has 6 rings (SSSR count). The average Bonchev–Trinajstić information content (AvgIpc) is 3.60. The van der Waals surface area contributed by atoms with E-state index >= 15 is 0 Å². The average molecular weight is 765 g/mol. The molecule has 11 nitrogen and oxygen atoms in total. The van der Waals surface area contributed by atoms with Crippen molar-refractivity contribution in [2.24, 2.45) is 0 Å². The van der Waals surface area contributed by atoms with Crippen LogP contribution in [-0.4, -0.2) is 104 Å². The smallest absolute Gasteiger partial charge is 0.453 e. The van der Waals surface area contributed by atoms with Crippen molar-refractivity contribution >= 4 is 36.7 Å². The Balaban J connectivity index is 0.00000302. The maximum atomic E-state index is 13.7. The molecule has 1 aromatic heterocycles. The summed E-state index contributed by atoms with van der Waals surface area (Å²) in [6, 6.07) is 25.2. The fourth-order valence-electron chi connectivity index (χ4n) is 7.36. The SMILES string of the molecule is COc1ccc(-n2nnnc2C(F)(F)F)cc1CN1CC2CN(C(=O)C(C)(C)OC(C)=O)CCN2C(C(c2ccccc2)c2ccccc2)C1.Cl.Cl. The van der Waals surface area contributed by atoms with Crippen molar-refractivity contribution in [1.82, 2.24) is 34.9 Å². The second-order valence-corrected chi connectivity index (χ2v) is 13.2. The van der Waals surface area contributed by atoms with E-state index in [0.717, 1.165) is 11.1 Å². The minimum Gasteiger partial charge on any atom is -0.496 e. The number of alkyl halides is 3. The van der Waals surface area contributed by atoms with E-state index in [1.54, 1.807) is 30.9 Å². The Morgan fingerprint density at radius 2 is 1.54 bits per heavy atom. The van der Waals surface area contributed by atoms with Gasteiger partial charge >= 0.3 is 12.1 Å². The normalized spacial score (nSPS) is 18.2. The van der Waals surface area contributed by atoms with E-state index < -0.39 is 23.6 Å². The number of methoxy groups -OCH3 is 1. The van der Waals surface area contributed by atoms with Crippen molar-refractivity contribution in [2.75, 3.05) is 39.8 Å².